The minimum absolute atomic E-state index is 0.319. The van der Waals surface area contributed by atoms with E-state index in [0.29, 0.717) is 11.3 Å². The number of ether oxygens (including phenoxy) is 1. The predicted molar refractivity (Wildman–Crippen MR) is 112 cm³/mol. The molecule has 140 valence electrons. The Bertz CT molecular complexity index is 736. The third-order valence-corrected chi connectivity index (χ3v) is 6.96. The maximum absolute atomic E-state index is 5.21. The highest BCUT2D eigenvalue weighted by atomic mass is 32.2. The minimum Gasteiger partial charge on any atom is -0.497 e. The Morgan fingerprint density at radius 2 is 2.12 bits per heavy atom. The summed E-state index contributed by atoms with van der Waals surface area (Å²) in [6, 6.07) is 7.99. The summed E-state index contributed by atoms with van der Waals surface area (Å²) in [6.45, 7) is 3.92. The molecule has 0 spiro atoms. The highest BCUT2D eigenvalue weighted by Gasteiger charge is 2.29. The summed E-state index contributed by atoms with van der Waals surface area (Å²) in [7, 11) is 3.48. The second-order valence-electron chi connectivity index (χ2n) is 6.55. The summed E-state index contributed by atoms with van der Waals surface area (Å²) in [5, 5.41) is 9.92. The van der Waals surface area contributed by atoms with E-state index in [1.54, 1.807) is 18.4 Å². The van der Waals surface area contributed by atoms with Crippen LogP contribution in [-0.4, -0.2) is 42.1 Å². The van der Waals surface area contributed by atoms with Crippen LogP contribution >= 0.6 is 23.1 Å². The summed E-state index contributed by atoms with van der Waals surface area (Å²) in [6.07, 6.45) is 2.57. The molecular weight excluding hydrogens is 364 g/mol. The zero-order chi connectivity index (χ0) is 18.4. The van der Waals surface area contributed by atoms with Gasteiger partial charge in [0.2, 0.25) is 0 Å². The van der Waals surface area contributed by atoms with Crippen LogP contribution in [0.5, 0.6) is 5.75 Å². The minimum atomic E-state index is 0.319. The van der Waals surface area contributed by atoms with Gasteiger partial charge >= 0.3 is 0 Å². The van der Waals surface area contributed by atoms with E-state index in [-0.39, 0.29) is 0 Å². The van der Waals surface area contributed by atoms with E-state index in [9.17, 15) is 0 Å². The number of benzene rings is 1. The van der Waals surface area contributed by atoms with Crippen LogP contribution in [-0.2, 0) is 6.54 Å². The Hall–Kier alpha value is -1.73. The number of methoxy groups -OCH3 is 1. The van der Waals surface area contributed by atoms with E-state index in [1.165, 1.54) is 18.6 Å². The number of nitrogens with one attached hydrogen (secondary N) is 2. The summed E-state index contributed by atoms with van der Waals surface area (Å²) in [5.41, 5.74) is 2.13. The Balaban J connectivity index is 1.53. The standard InChI is InChI=1S/C19H26N4OS2/c1-19(9-4-10-26-19)13-22-18(20-2)21-11-15-12-25-17(23-15)14-5-7-16(24-3)8-6-14/h5-8,12H,4,9-11,13H2,1-3H3,(H2,20,21,22). The lowest BCUT2D eigenvalue weighted by Crippen LogP contribution is -2.43. The van der Waals surface area contributed by atoms with Crippen molar-refractivity contribution >= 4 is 29.1 Å². The van der Waals surface area contributed by atoms with E-state index in [0.717, 1.165) is 34.5 Å². The third kappa shape index (κ3) is 4.92. The molecule has 1 fully saturated rings. The van der Waals surface area contributed by atoms with Crippen molar-refractivity contribution in [2.75, 3.05) is 26.5 Å². The molecule has 0 aliphatic carbocycles. The van der Waals surface area contributed by atoms with Crippen molar-refractivity contribution in [3.63, 3.8) is 0 Å². The number of rotatable bonds is 6. The molecule has 5 nitrogen and oxygen atoms in total. The Morgan fingerprint density at radius 3 is 2.77 bits per heavy atom. The van der Waals surface area contributed by atoms with Crippen LogP contribution in [0.3, 0.4) is 0 Å². The van der Waals surface area contributed by atoms with Gasteiger partial charge in [0.15, 0.2) is 5.96 Å². The molecule has 1 aliphatic rings. The SMILES string of the molecule is CN=C(NCc1csc(-c2ccc(OC)cc2)n1)NCC1(C)CCCS1. The molecule has 1 unspecified atom stereocenters. The molecule has 26 heavy (non-hydrogen) atoms. The molecule has 0 bridgehead atoms. The highest BCUT2D eigenvalue weighted by molar-refractivity contribution is 8.00. The number of thioether (sulfide) groups is 1. The molecular formula is C19H26N4OS2. The van der Waals surface area contributed by atoms with Gasteiger partial charge in [-0.05, 0) is 49.8 Å². The lowest BCUT2D eigenvalue weighted by atomic mass is 10.1. The molecule has 1 aromatic carbocycles. The molecule has 1 aromatic heterocycles. The van der Waals surface area contributed by atoms with Crippen LogP contribution < -0.4 is 15.4 Å². The van der Waals surface area contributed by atoms with Gasteiger partial charge in [0, 0.05) is 29.3 Å². The fourth-order valence-corrected chi connectivity index (χ4v) is 4.97. The van der Waals surface area contributed by atoms with Crippen LogP contribution in [0.1, 0.15) is 25.5 Å². The Labute approximate surface area is 163 Å². The monoisotopic (exact) mass is 390 g/mol. The average Bonchev–Trinajstić information content (AvgIpc) is 3.32. The highest BCUT2D eigenvalue weighted by Crippen LogP contribution is 2.36. The molecule has 1 atom stereocenters. The molecule has 2 heterocycles. The van der Waals surface area contributed by atoms with Crippen molar-refractivity contribution < 1.29 is 4.74 Å². The van der Waals surface area contributed by atoms with Crippen LogP contribution in [0, 0.1) is 0 Å². The Morgan fingerprint density at radius 1 is 1.31 bits per heavy atom. The number of aliphatic imine (C=N–C) groups is 1. The van der Waals surface area contributed by atoms with Gasteiger partial charge in [-0.3, -0.25) is 4.99 Å². The van der Waals surface area contributed by atoms with Gasteiger partial charge in [0.25, 0.3) is 0 Å². The first-order valence-corrected chi connectivity index (χ1v) is 10.7. The van der Waals surface area contributed by atoms with E-state index in [1.807, 2.05) is 31.3 Å². The molecule has 3 rings (SSSR count). The summed E-state index contributed by atoms with van der Waals surface area (Å²) in [4.78, 5) is 9.05. The third-order valence-electron chi connectivity index (χ3n) is 4.48. The number of hydrogen-bond acceptors (Lipinski definition) is 5. The van der Waals surface area contributed by atoms with Crippen molar-refractivity contribution in [2.45, 2.75) is 31.1 Å². The molecule has 1 saturated heterocycles. The van der Waals surface area contributed by atoms with Gasteiger partial charge in [-0.1, -0.05) is 0 Å². The van der Waals surface area contributed by atoms with Crippen LogP contribution in [0.15, 0.2) is 34.6 Å². The maximum atomic E-state index is 5.21. The zero-order valence-electron chi connectivity index (χ0n) is 15.5. The number of guanidine groups is 1. The first-order chi connectivity index (χ1) is 12.6. The smallest absolute Gasteiger partial charge is 0.191 e. The molecule has 7 heteroatoms. The fraction of sp³-hybridized carbons (Fsp3) is 0.474. The van der Waals surface area contributed by atoms with Crippen LogP contribution in [0.25, 0.3) is 10.6 Å². The summed E-state index contributed by atoms with van der Waals surface area (Å²) < 4.78 is 5.52. The van der Waals surface area contributed by atoms with Gasteiger partial charge in [-0.15, -0.1) is 11.3 Å². The predicted octanol–water partition coefficient (Wildman–Crippen LogP) is 3.77. The van der Waals surface area contributed by atoms with Crippen molar-refractivity contribution in [1.82, 2.24) is 15.6 Å². The maximum Gasteiger partial charge on any atom is 0.191 e. The lowest BCUT2D eigenvalue weighted by Gasteiger charge is -2.24. The van der Waals surface area contributed by atoms with Gasteiger partial charge in [-0.25, -0.2) is 4.98 Å². The fourth-order valence-electron chi connectivity index (χ4n) is 2.90. The summed E-state index contributed by atoms with van der Waals surface area (Å²) in [5.74, 6) is 2.95. The quantitative estimate of drug-likeness (QED) is 0.581. The van der Waals surface area contributed by atoms with E-state index < -0.39 is 0 Å². The topological polar surface area (TPSA) is 58.5 Å². The number of hydrogen-bond donors (Lipinski definition) is 2. The van der Waals surface area contributed by atoms with Gasteiger partial charge < -0.3 is 15.4 Å². The number of thiazole rings is 1. The Kier molecular flexibility index (Phi) is 6.43. The van der Waals surface area contributed by atoms with Crippen LogP contribution in [0.2, 0.25) is 0 Å². The van der Waals surface area contributed by atoms with Gasteiger partial charge in [0.05, 0.1) is 19.3 Å². The van der Waals surface area contributed by atoms with Crippen molar-refractivity contribution in [3.05, 3.63) is 35.3 Å². The second kappa shape index (κ2) is 8.77. The first kappa shape index (κ1) is 19.0. The molecule has 0 radical (unpaired) electrons. The molecule has 0 amide bonds. The summed E-state index contributed by atoms with van der Waals surface area (Å²) >= 11 is 3.70. The van der Waals surface area contributed by atoms with E-state index in [4.69, 9.17) is 9.72 Å². The normalized spacial score (nSPS) is 20.2. The average molecular weight is 391 g/mol. The molecule has 0 saturated carbocycles. The van der Waals surface area contributed by atoms with E-state index in [2.05, 4.69) is 39.7 Å². The first-order valence-electron chi connectivity index (χ1n) is 8.79. The van der Waals surface area contributed by atoms with Crippen molar-refractivity contribution in [3.8, 4) is 16.3 Å². The van der Waals surface area contributed by atoms with Crippen LogP contribution in [0.4, 0.5) is 0 Å². The second-order valence-corrected chi connectivity index (χ2v) is 9.09. The molecule has 1 aliphatic heterocycles. The van der Waals surface area contributed by atoms with Gasteiger partial charge in [0.1, 0.15) is 10.8 Å². The number of nitrogens with zero attached hydrogens (tertiary/aromatic N) is 2. The van der Waals surface area contributed by atoms with Gasteiger partial charge in [-0.2, -0.15) is 11.8 Å². The van der Waals surface area contributed by atoms with Crippen molar-refractivity contribution in [2.24, 2.45) is 4.99 Å². The lowest BCUT2D eigenvalue weighted by molar-refractivity contribution is 0.415. The molecule has 2 N–H and O–H groups in total. The molecule has 2 aromatic rings. The van der Waals surface area contributed by atoms with Crippen molar-refractivity contribution in [1.29, 1.82) is 0 Å². The zero-order valence-corrected chi connectivity index (χ0v) is 17.2. The van der Waals surface area contributed by atoms with E-state index >= 15 is 0 Å². The number of aromatic nitrogens is 1. The largest absolute Gasteiger partial charge is 0.497 e.